The lowest BCUT2D eigenvalue weighted by atomic mass is 10.1. The molecular formula is C20H19N3O5S. The summed E-state index contributed by atoms with van der Waals surface area (Å²) in [6.45, 7) is -0.0330. The number of rotatable bonds is 7. The topological polar surface area (TPSA) is 122 Å². The molecule has 1 unspecified atom stereocenters. The quantitative estimate of drug-likeness (QED) is 0.588. The van der Waals surface area contributed by atoms with Crippen molar-refractivity contribution in [3.05, 3.63) is 65.7 Å². The third-order valence-electron chi connectivity index (χ3n) is 4.47. The van der Waals surface area contributed by atoms with Crippen LogP contribution in [-0.4, -0.2) is 46.8 Å². The molecule has 1 aliphatic heterocycles. The zero-order valence-electron chi connectivity index (χ0n) is 15.3. The lowest BCUT2D eigenvalue weighted by Gasteiger charge is -2.17. The summed E-state index contributed by atoms with van der Waals surface area (Å²) in [6, 6.07) is 14.4. The van der Waals surface area contributed by atoms with Gasteiger partial charge in [0.05, 0.1) is 6.54 Å². The van der Waals surface area contributed by atoms with Gasteiger partial charge < -0.3 is 20.9 Å². The lowest BCUT2D eigenvalue weighted by Crippen LogP contribution is -2.47. The van der Waals surface area contributed by atoms with E-state index in [4.69, 9.17) is 22.7 Å². The Morgan fingerprint density at radius 1 is 1.21 bits per heavy atom. The monoisotopic (exact) mass is 413 g/mol. The van der Waals surface area contributed by atoms with Gasteiger partial charge in [0.15, 0.2) is 6.10 Å². The zero-order chi connectivity index (χ0) is 21.0. The number of hydrogen-bond acceptors (Lipinski definition) is 5. The van der Waals surface area contributed by atoms with Crippen LogP contribution in [0.25, 0.3) is 0 Å². The van der Waals surface area contributed by atoms with Crippen molar-refractivity contribution >= 4 is 40.9 Å². The minimum atomic E-state index is -1.17. The van der Waals surface area contributed by atoms with Gasteiger partial charge in [0, 0.05) is 17.7 Å². The van der Waals surface area contributed by atoms with E-state index in [-0.39, 0.29) is 18.0 Å². The van der Waals surface area contributed by atoms with E-state index in [1.165, 1.54) is 4.90 Å². The molecule has 2 aromatic rings. The highest BCUT2D eigenvalue weighted by molar-refractivity contribution is 7.80. The number of amides is 2. The molecule has 8 nitrogen and oxygen atoms in total. The molecule has 150 valence electrons. The summed E-state index contributed by atoms with van der Waals surface area (Å²) in [7, 11) is 0. The molecule has 0 bridgehead atoms. The van der Waals surface area contributed by atoms with E-state index in [0.717, 1.165) is 5.56 Å². The Balaban J connectivity index is 1.65. The predicted molar refractivity (Wildman–Crippen MR) is 110 cm³/mol. The number of benzene rings is 2. The van der Waals surface area contributed by atoms with Crippen molar-refractivity contribution in [1.29, 1.82) is 0 Å². The summed E-state index contributed by atoms with van der Waals surface area (Å²) in [6.07, 6.45) is -1.69. The molecule has 0 saturated carbocycles. The van der Waals surface area contributed by atoms with E-state index in [1.54, 1.807) is 48.5 Å². The number of nitrogens with two attached hydrogens (primary N) is 1. The number of nitrogens with zero attached hydrogens (tertiary/aromatic N) is 1. The SMILES string of the molecule is NC(=S)c1ccc(N2CC(C(=O)N[C@H](Cc3ccccc3)C(=O)O)OC2=O)cc1. The molecule has 2 aromatic carbocycles. The average Bonchev–Trinajstić information content (AvgIpc) is 3.10. The van der Waals surface area contributed by atoms with Crippen molar-refractivity contribution in [2.75, 3.05) is 11.4 Å². The van der Waals surface area contributed by atoms with Crippen molar-refractivity contribution in [2.45, 2.75) is 18.6 Å². The molecule has 1 saturated heterocycles. The highest BCUT2D eigenvalue weighted by atomic mass is 32.1. The van der Waals surface area contributed by atoms with E-state index in [1.807, 2.05) is 6.07 Å². The standard InChI is InChI=1S/C20H19N3O5S/c21-17(29)13-6-8-14(9-7-13)23-11-16(28-20(23)27)18(24)22-15(19(25)26)10-12-4-2-1-3-5-12/h1-9,15-16H,10-11H2,(H2,21,29)(H,22,24)(H,25,26)/t15-,16?/m1/s1. The van der Waals surface area contributed by atoms with Crippen LogP contribution >= 0.6 is 12.2 Å². The highest BCUT2D eigenvalue weighted by Crippen LogP contribution is 2.22. The van der Waals surface area contributed by atoms with Crippen LogP contribution in [0.2, 0.25) is 0 Å². The Morgan fingerprint density at radius 3 is 2.45 bits per heavy atom. The van der Waals surface area contributed by atoms with Crippen molar-refractivity contribution in [1.82, 2.24) is 5.32 Å². The fourth-order valence-corrected chi connectivity index (χ4v) is 3.07. The maximum atomic E-state index is 12.5. The number of carbonyl (C=O) groups is 3. The summed E-state index contributed by atoms with van der Waals surface area (Å²) in [4.78, 5) is 37.7. The van der Waals surface area contributed by atoms with Gasteiger partial charge in [-0.2, -0.15) is 0 Å². The highest BCUT2D eigenvalue weighted by Gasteiger charge is 2.38. The molecule has 0 spiro atoms. The van der Waals surface area contributed by atoms with Gasteiger partial charge in [-0.05, 0) is 29.8 Å². The first-order chi connectivity index (χ1) is 13.8. The minimum Gasteiger partial charge on any atom is -0.480 e. The van der Waals surface area contributed by atoms with Gasteiger partial charge in [-0.1, -0.05) is 42.5 Å². The summed E-state index contributed by atoms with van der Waals surface area (Å²) >= 11 is 4.90. The van der Waals surface area contributed by atoms with Gasteiger partial charge in [0.1, 0.15) is 11.0 Å². The smallest absolute Gasteiger partial charge is 0.415 e. The third kappa shape index (κ3) is 4.88. The summed E-state index contributed by atoms with van der Waals surface area (Å²) in [5, 5.41) is 11.9. The fourth-order valence-electron chi connectivity index (χ4n) is 2.93. The van der Waals surface area contributed by atoms with Crippen LogP contribution in [0.3, 0.4) is 0 Å². The van der Waals surface area contributed by atoms with E-state index in [9.17, 15) is 19.5 Å². The molecule has 1 heterocycles. The first-order valence-electron chi connectivity index (χ1n) is 8.80. The molecular weight excluding hydrogens is 394 g/mol. The first-order valence-corrected chi connectivity index (χ1v) is 9.21. The van der Waals surface area contributed by atoms with Gasteiger partial charge in [-0.25, -0.2) is 9.59 Å². The number of carbonyl (C=O) groups excluding carboxylic acids is 2. The van der Waals surface area contributed by atoms with Crippen molar-refractivity contribution in [3.63, 3.8) is 0 Å². The normalized spacial score (nSPS) is 16.8. The molecule has 0 radical (unpaired) electrons. The second-order valence-corrected chi connectivity index (χ2v) is 6.92. The number of anilines is 1. The molecule has 9 heteroatoms. The number of aliphatic carboxylic acids is 1. The number of carboxylic acid groups (broad SMARTS) is 1. The Bertz CT molecular complexity index is 933. The molecule has 29 heavy (non-hydrogen) atoms. The maximum Gasteiger partial charge on any atom is 0.415 e. The summed E-state index contributed by atoms with van der Waals surface area (Å²) < 4.78 is 5.13. The molecule has 1 fully saturated rings. The molecule has 1 aliphatic rings. The van der Waals surface area contributed by atoms with Crippen LogP contribution in [0, 0.1) is 0 Å². The zero-order valence-corrected chi connectivity index (χ0v) is 16.1. The molecule has 3 rings (SSSR count). The molecule has 0 aromatic heterocycles. The average molecular weight is 413 g/mol. The van der Waals surface area contributed by atoms with Gasteiger partial charge >= 0.3 is 12.1 Å². The Hall–Kier alpha value is -3.46. The number of cyclic esters (lactones) is 1. The largest absolute Gasteiger partial charge is 0.480 e. The predicted octanol–water partition coefficient (Wildman–Crippen LogP) is 1.46. The number of hydrogen-bond donors (Lipinski definition) is 3. The molecule has 4 N–H and O–H groups in total. The van der Waals surface area contributed by atoms with E-state index >= 15 is 0 Å². The Kier molecular flexibility index (Phi) is 6.08. The minimum absolute atomic E-state index is 0.0330. The van der Waals surface area contributed by atoms with Crippen LogP contribution in [0.15, 0.2) is 54.6 Å². The van der Waals surface area contributed by atoms with Gasteiger partial charge in [0.2, 0.25) is 0 Å². The van der Waals surface area contributed by atoms with Gasteiger partial charge in [-0.3, -0.25) is 9.69 Å². The van der Waals surface area contributed by atoms with Crippen LogP contribution in [-0.2, 0) is 20.7 Å². The van der Waals surface area contributed by atoms with E-state index < -0.39 is 30.1 Å². The van der Waals surface area contributed by atoms with Crippen LogP contribution < -0.4 is 16.0 Å². The van der Waals surface area contributed by atoms with E-state index in [2.05, 4.69) is 5.32 Å². The van der Waals surface area contributed by atoms with Crippen molar-refractivity contribution < 1.29 is 24.2 Å². The first kappa shape index (κ1) is 20.3. The maximum absolute atomic E-state index is 12.5. The van der Waals surface area contributed by atoms with Crippen LogP contribution in [0.4, 0.5) is 10.5 Å². The van der Waals surface area contributed by atoms with Crippen LogP contribution in [0.1, 0.15) is 11.1 Å². The number of ether oxygens (including phenoxy) is 1. The van der Waals surface area contributed by atoms with Crippen molar-refractivity contribution in [3.8, 4) is 0 Å². The second-order valence-electron chi connectivity index (χ2n) is 6.48. The number of nitrogens with one attached hydrogen (secondary N) is 1. The molecule has 2 atom stereocenters. The lowest BCUT2D eigenvalue weighted by molar-refractivity contribution is -0.142. The molecule has 0 aliphatic carbocycles. The summed E-state index contributed by atoms with van der Waals surface area (Å²) in [5.74, 6) is -1.83. The third-order valence-corrected chi connectivity index (χ3v) is 4.70. The number of carboxylic acids is 1. The van der Waals surface area contributed by atoms with Crippen LogP contribution in [0.5, 0.6) is 0 Å². The molecule has 2 amide bonds. The van der Waals surface area contributed by atoms with E-state index in [0.29, 0.717) is 11.3 Å². The second kappa shape index (κ2) is 8.70. The Labute approximate surface area is 172 Å². The van der Waals surface area contributed by atoms with Gasteiger partial charge in [0.25, 0.3) is 5.91 Å². The number of thiocarbonyl (C=S) groups is 1. The van der Waals surface area contributed by atoms with Gasteiger partial charge in [-0.15, -0.1) is 0 Å². The van der Waals surface area contributed by atoms with Crippen molar-refractivity contribution in [2.24, 2.45) is 5.73 Å². The summed E-state index contributed by atoms with van der Waals surface area (Å²) in [5.41, 5.74) is 7.49. The Morgan fingerprint density at radius 2 is 1.86 bits per heavy atom. The fraction of sp³-hybridized carbons (Fsp3) is 0.200.